The summed E-state index contributed by atoms with van der Waals surface area (Å²) in [6.07, 6.45) is 3.26. The Kier molecular flexibility index (Phi) is 4.20. The Bertz CT molecular complexity index is 776. The topological polar surface area (TPSA) is 63.5 Å². The van der Waals surface area contributed by atoms with Crippen molar-refractivity contribution in [2.24, 2.45) is 11.3 Å². The fourth-order valence-corrected chi connectivity index (χ4v) is 4.12. The third-order valence-electron chi connectivity index (χ3n) is 5.72. The van der Waals surface area contributed by atoms with E-state index in [0.29, 0.717) is 6.61 Å². The number of para-hydroxylation sites is 1. The van der Waals surface area contributed by atoms with Crippen LogP contribution in [0, 0.1) is 11.3 Å². The summed E-state index contributed by atoms with van der Waals surface area (Å²) in [7, 11) is 0. The quantitative estimate of drug-likeness (QED) is 0.874. The van der Waals surface area contributed by atoms with E-state index in [1.807, 2.05) is 38.1 Å². The average molecular weight is 342 g/mol. The number of hydrogen-bond acceptors (Lipinski definition) is 4. The predicted octanol–water partition coefficient (Wildman–Crippen LogP) is 3.40. The summed E-state index contributed by atoms with van der Waals surface area (Å²) < 4.78 is 11.6. The van der Waals surface area contributed by atoms with E-state index in [0.717, 1.165) is 54.8 Å². The summed E-state index contributed by atoms with van der Waals surface area (Å²) >= 11 is 0. The number of carbonyl (C=O) groups is 1. The first-order chi connectivity index (χ1) is 12.1. The largest absolute Gasteiger partial charge is 0.490 e. The first kappa shape index (κ1) is 16.5. The first-order valence-electron chi connectivity index (χ1n) is 9.29. The van der Waals surface area contributed by atoms with Gasteiger partial charge in [-0.3, -0.25) is 4.79 Å². The Balaban J connectivity index is 1.46. The average Bonchev–Trinajstić information content (AvgIpc) is 3.11. The van der Waals surface area contributed by atoms with E-state index in [9.17, 15) is 4.79 Å². The molecule has 5 nitrogen and oxygen atoms in total. The molecule has 1 saturated carbocycles. The van der Waals surface area contributed by atoms with Gasteiger partial charge in [-0.1, -0.05) is 12.1 Å². The second-order valence-electron chi connectivity index (χ2n) is 7.36. The third-order valence-corrected chi connectivity index (χ3v) is 5.72. The van der Waals surface area contributed by atoms with Crippen LogP contribution >= 0.6 is 0 Å². The summed E-state index contributed by atoms with van der Waals surface area (Å²) in [4.78, 5) is 12.6. The molecule has 134 valence electrons. The highest BCUT2D eigenvalue weighted by Gasteiger charge is 2.57. The zero-order valence-corrected chi connectivity index (χ0v) is 14.9. The summed E-state index contributed by atoms with van der Waals surface area (Å²) in [5.41, 5.74) is 1.01. The van der Waals surface area contributed by atoms with Gasteiger partial charge >= 0.3 is 0 Å². The maximum Gasteiger partial charge on any atom is 0.224 e. The van der Waals surface area contributed by atoms with E-state index >= 15 is 0 Å². The molecular weight excluding hydrogens is 316 g/mol. The number of ether oxygens (including phenoxy) is 1. The van der Waals surface area contributed by atoms with Crippen molar-refractivity contribution >= 4 is 16.9 Å². The number of benzene rings is 1. The Labute approximate surface area is 148 Å². The maximum atomic E-state index is 12.6. The molecule has 0 bridgehead atoms. The molecule has 1 spiro atoms. The molecule has 1 saturated heterocycles. The second-order valence-corrected chi connectivity index (χ2v) is 7.36. The molecule has 2 atom stereocenters. The fraction of sp³-hybridized carbons (Fsp3) is 0.550. The molecule has 4 rings (SSSR count). The van der Waals surface area contributed by atoms with Crippen molar-refractivity contribution < 1.29 is 13.9 Å². The molecule has 2 aliphatic rings. The summed E-state index contributed by atoms with van der Waals surface area (Å²) in [6, 6.07) is 7.73. The van der Waals surface area contributed by atoms with E-state index < -0.39 is 0 Å². The highest BCUT2D eigenvalue weighted by atomic mass is 16.5. The van der Waals surface area contributed by atoms with Crippen molar-refractivity contribution in [3.63, 3.8) is 0 Å². The SMILES string of the molecule is CCOc1cccc2cc(C(C)NC(=O)C3CC34CCNCC4)oc12. The highest BCUT2D eigenvalue weighted by molar-refractivity contribution is 5.85. The highest BCUT2D eigenvalue weighted by Crippen LogP contribution is 2.58. The van der Waals surface area contributed by atoms with Crippen LogP contribution in [0.15, 0.2) is 28.7 Å². The molecule has 1 aliphatic carbocycles. The molecule has 1 aromatic heterocycles. The van der Waals surface area contributed by atoms with Crippen LogP contribution in [0.25, 0.3) is 11.0 Å². The van der Waals surface area contributed by atoms with Crippen LogP contribution in [-0.4, -0.2) is 25.6 Å². The van der Waals surface area contributed by atoms with Gasteiger partial charge in [-0.05, 0) is 63.7 Å². The smallest absolute Gasteiger partial charge is 0.224 e. The van der Waals surface area contributed by atoms with Gasteiger partial charge in [0.1, 0.15) is 5.76 Å². The molecule has 2 heterocycles. The fourth-order valence-electron chi connectivity index (χ4n) is 4.12. The van der Waals surface area contributed by atoms with E-state index in [4.69, 9.17) is 9.15 Å². The molecule has 2 aromatic rings. The van der Waals surface area contributed by atoms with Crippen molar-refractivity contribution in [2.75, 3.05) is 19.7 Å². The minimum atomic E-state index is -0.145. The number of hydrogen-bond donors (Lipinski definition) is 2. The summed E-state index contributed by atoms with van der Waals surface area (Å²) in [6.45, 7) is 6.59. The van der Waals surface area contributed by atoms with Gasteiger partial charge in [0.15, 0.2) is 11.3 Å². The third kappa shape index (κ3) is 3.01. The molecule has 2 fully saturated rings. The lowest BCUT2D eigenvalue weighted by Gasteiger charge is -2.23. The molecule has 25 heavy (non-hydrogen) atoms. The zero-order chi connectivity index (χ0) is 17.4. The Morgan fingerprint density at radius 1 is 1.44 bits per heavy atom. The predicted molar refractivity (Wildman–Crippen MR) is 96.6 cm³/mol. The second kappa shape index (κ2) is 6.37. The molecular formula is C20H26N2O3. The summed E-state index contributed by atoms with van der Waals surface area (Å²) in [5, 5.41) is 7.53. The van der Waals surface area contributed by atoms with Gasteiger partial charge in [0.2, 0.25) is 5.91 Å². The molecule has 1 aromatic carbocycles. The Morgan fingerprint density at radius 3 is 3.00 bits per heavy atom. The minimum Gasteiger partial charge on any atom is -0.490 e. The van der Waals surface area contributed by atoms with Crippen molar-refractivity contribution in [1.29, 1.82) is 0 Å². The number of nitrogens with one attached hydrogen (secondary N) is 2. The van der Waals surface area contributed by atoms with Crippen LogP contribution in [0.1, 0.15) is 44.9 Å². The number of fused-ring (bicyclic) bond motifs is 1. The van der Waals surface area contributed by atoms with E-state index in [1.165, 1.54) is 0 Å². The van der Waals surface area contributed by atoms with Gasteiger partial charge in [0, 0.05) is 11.3 Å². The van der Waals surface area contributed by atoms with Gasteiger partial charge in [0.05, 0.1) is 12.6 Å². The van der Waals surface area contributed by atoms with Gasteiger partial charge in [-0.2, -0.15) is 0 Å². The summed E-state index contributed by atoms with van der Waals surface area (Å²) in [5.74, 6) is 1.86. The Morgan fingerprint density at radius 2 is 2.24 bits per heavy atom. The number of carbonyl (C=O) groups excluding carboxylic acids is 1. The van der Waals surface area contributed by atoms with Crippen molar-refractivity contribution in [2.45, 2.75) is 39.2 Å². The van der Waals surface area contributed by atoms with Crippen molar-refractivity contribution in [3.05, 3.63) is 30.0 Å². The lowest BCUT2D eigenvalue weighted by Crippen LogP contribution is -2.34. The van der Waals surface area contributed by atoms with E-state index in [2.05, 4.69) is 10.6 Å². The molecule has 1 aliphatic heterocycles. The van der Waals surface area contributed by atoms with Gasteiger partial charge in [-0.15, -0.1) is 0 Å². The van der Waals surface area contributed by atoms with Crippen molar-refractivity contribution in [1.82, 2.24) is 10.6 Å². The number of piperidine rings is 1. The standard InChI is InChI=1S/C20H26N2O3/c1-3-24-16-6-4-5-14-11-17(25-18(14)16)13(2)22-19(23)15-12-20(15)7-9-21-10-8-20/h4-6,11,13,15,21H,3,7-10,12H2,1-2H3,(H,22,23). The lowest BCUT2D eigenvalue weighted by atomic mass is 9.91. The lowest BCUT2D eigenvalue weighted by molar-refractivity contribution is -0.124. The number of rotatable bonds is 5. The van der Waals surface area contributed by atoms with Crippen LogP contribution in [0.5, 0.6) is 5.75 Å². The van der Waals surface area contributed by atoms with Crippen LogP contribution < -0.4 is 15.4 Å². The minimum absolute atomic E-state index is 0.145. The zero-order valence-electron chi connectivity index (χ0n) is 14.9. The number of furan rings is 1. The van der Waals surface area contributed by atoms with E-state index in [1.54, 1.807) is 0 Å². The molecule has 2 unspecified atom stereocenters. The normalized spacial score (nSPS) is 22.7. The van der Waals surface area contributed by atoms with Crippen LogP contribution in [-0.2, 0) is 4.79 Å². The molecule has 5 heteroatoms. The first-order valence-corrected chi connectivity index (χ1v) is 9.29. The van der Waals surface area contributed by atoms with Crippen LogP contribution in [0.3, 0.4) is 0 Å². The van der Waals surface area contributed by atoms with Crippen LogP contribution in [0.2, 0.25) is 0 Å². The molecule has 1 amide bonds. The monoisotopic (exact) mass is 342 g/mol. The van der Waals surface area contributed by atoms with Gasteiger partial charge in [-0.25, -0.2) is 0 Å². The molecule has 0 radical (unpaired) electrons. The Hall–Kier alpha value is -2.01. The molecule has 2 N–H and O–H groups in total. The van der Waals surface area contributed by atoms with E-state index in [-0.39, 0.29) is 23.3 Å². The van der Waals surface area contributed by atoms with Gasteiger partial charge in [0.25, 0.3) is 0 Å². The number of amides is 1. The van der Waals surface area contributed by atoms with Crippen LogP contribution in [0.4, 0.5) is 0 Å². The maximum absolute atomic E-state index is 12.6. The van der Waals surface area contributed by atoms with Crippen molar-refractivity contribution in [3.8, 4) is 5.75 Å². The van der Waals surface area contributed by atoms with Gasteiger partial charge < -0.3 is 19.8 Å².